The zero-order chi connectivity index (χ0) is 21.5. The number of aromatic nitrogens is 1. The molecule has 0 N–H and O–H groups in total. The van der Waals surface area contributed by atoms with Crippen molar-refractivity contribution in [3.8, 4) is 11.5 Å². The van der Waals surface area contributed by atoms with Crippen LogP contribution in [-0.2, 0) is 6.42 Å². The standard InChI is InChI=1S/C25H26F2N2O2/c1-3-4-17-7-6-16-11-20(26)21(27)12-23(16)29(17)13-18-14-30-24-10-9-22-19(25(24)31-18)8-5-15(2)28-22/h5,8-12,17-18H,3-4,6-7,13-14H2,1-2H3/t17?,18-/m0/s1. The molecule has 31 heavy (non-hydrogen) atoms. The van der Waals surface area contributed by atoms with Gasteiger partial charge < -0.3 is 14.4 Å². The molecule has 0 saturated carbocycles. The SMILES string of the molecule is CCCC1CCc2cc(F)c(F)cc2N1C[C@H]1COc2ccc3nc(C)ccc3c2O1. The third-order valence-corrected chi connectivity index (χ3v) is 6.28. The van der Waals surface area contributed by atoms with Gasteiger partial charge in [0.15, 0.2) is 29.2 Å². The van der Waals surface area contributed by atoms with Gasteiger partial charge in [0.05, 0.1) is 12.1 Å². The topological polar surface area (TPSA) is 34.6 Å². The Bertz CT molecular complexity index is 1130. The molecule has 0 aliphatic carbocycles. The predicted octanol–water partition coefficient (Wildman–Crippen LogP) is 5.58. The Labute approximate surface area is 180 Å². The largest absolute Gasteiger partial charge is 0.486 e. The zero-order valence-corrected chi connectivity index (χ0v) is 17.8. The van der Waals surface area contributed by atoms with Gasteiger partial charge in [-0.1, -0.05) is 13.3 Å². The smallest absolute Gasteiger partial charge is 0.171 e. The predicted molar refractivity (Wildman–Crippen MR) is 117 cm³/mol. The lowest BCUT2D eigenvalue weighted by Crippen LogP contribution is -2.47. The van der Waals surface area contributed by atoms with Gasteiger partial charge in [0.2, 0.25) is 0 Å². The van der Waals surface area contributed by atoms with E-state index in [2.05, 4.69) is 16.8 Å². The summed E-state index contributed by atoms with van der Waals surface area (Å²) >= 11 is 0. The molecule has 2 aliphatic heterocycles. The van der Waals surface area contributed by atoms with Crippen molar-refractivity contribution in [2.24, 2.45) is 0 Å². The average Bonchev–Trinajstić information content (AvgIpc) is 2.76. The summed E-state index contributed by atoms with van der Waals surface area (Å²) in [7, 11) is 0. The quantitative estimate of drug-likeness (QED) is 0.547. The van der Waals surface area contributed by atoms with Crippen LogP contribution < -0.4 is 14.4 Å². The highest BCUT2D eigenvalue weighted by molar-refractivity contribution is 5.88. The van der Waals surface area contributed by atoms with Crippen LogP contribution in [0.25, 0.3) is 10.9 Å². The second kappa shape index (κ2) is 7.98. The van der Waals surface area contributed by atoms with Crippen LogP contribution in [0.15, 0.2) is 36.4 Å². The fraction of sp³-hybridized carbons (Fsp3) is 0.400. The fourth-order valence-electron chi connectivity index (χ4n) is 4.79. The van der Waals surface area contributed by atoms with Gasteiger partial charge in [-0.15, -0.1) is 0 Å². The number of aryl methyl sites for hydroxylation is 2. The second-order valence-corrected chi connectivity index (χ2v) is 8.49. The van der Waals surface area contributed by atoms with E-state index in [9.17, 15) is 8.78 Å². The zero-order valence-electron chi connectivity index (χ0n) is 17.8. The van der Waals surface area contributed by atoms with E-state index in [0.29, 0.717) is 24.7 Å². The number of hydrogen-bond acceptors (Lipinski definition) is 4. The van der Waals surface area contributed by atoms with E-state index >= 15 is 0 Å². The lowest BCUT2D eigenvalue weighted by atomic mass is 9.92. The number of ether oxygens (including phenoxy) is 2. The summed E-state index contributed by atoms with van der Waals surface area (Å²) in [6, 6.07) is 10.8. The van der Waals surface area contributed by atoms with Crippen molar-refractivity contribution in [2.75, 3.05) is 18.1 Å². The molecule has 0 spiro atoms. The number of nitrogens with zero attached hydrogens (tertiary/aromatic N) is 2. The van der Waals surface area contributed by atoms with Crippen molar-refractivity contribution in [2.45, 2.75) is 51.7 Å². The van der Waals surface area contributed by atoms with Crippen LogP contribution in [0.1, 0.15) is 37.4 Å². The number of halogens is 2. The molecule has 1 aromatic heterocycles. The second-order valence-electron chi connectivity index (χ2n) is 8.49. The Balaban J connectivity index is 1.46. The van der Waals surface area contributed by atoms with E-state index in [0.717, 1.165) is 53.5 Å². The van der Waals surface area contributed by atoms with Gasteiger partial charge in [-0.25, -0.2) is 8.78 Å². The van der Waals surface area contributed by atoms with Crippen LogP contribution in [0.4, 0.5) is 14.5 Å². The number of benzene rings is 2. The minimum absolute atomic E-state index is 0.224. The molecule has 162 valence electrons. The minimum Gasteiger partial charge on any atom is -0.486 e. The van der Waals surface area contributed by atoms with E-state index in [1.54, 1.807) is 0 Å². The molecule has 2 atom stereocenters. The summed E-state index contributed by atoms with van der Waals surface area (Å²) in [5.41, 5.74) is 3.44. The van der Waals surface area contributed by atoms with Crippen molar-refractivity contribution < 1.29 is 18.3 Å². The Morgan fingerprint density at radius 1 is 1.13 bits per heavy atom. The Morgan fingerprint density at radius 2 is 1.97 bits per heavy atom. The maximum Gasteiger partial charge on any atom is 0.171 e. The van der Waals surface area contributed by atoms with Gasteiger partial charge in [0, 0.05) is 28.9 Å². The molecule has 4 nitrogen and oxygen atoms in total. The first-order valence-electron chi connectivity index (χ1n) is 11.0. The maximum absolute atomic E-state index is 14.1. The highest BCUT2D eigenvalue weighted by Gasteiger charge is 2.32. The molecule has 6 heteroatoms. The minimum atomic E-state index is -0.806. The van der Waals surface area contributed by atoms with Gasteiger partial charge in [-0.05, 0) is 62.1 Å². The highest BCUT2D eigenvalue weighted by atomic mass is 19.2. The molecular weight excluding hydrogens is 398 g/mol. The van der Waals surface area contributed by atoms with Gasteiger partial charge in [-0.2, -0.15) is 0 Å². The molecule has 5 rings (SSSR count). The van der Waals surface area contributed by atoms with E-state index < -0.39 is 11.6 Å². The molecule has 3 aromatic rings. The number of fused-ring (bicyclic) bond motifs is 4. The lowest BCUT2D eigenvalue weighted by Gasteiger charge is -2.41. The van der Waals surface area contributed by atoms with Crippen molar-refractivity contribution in [3.63, 3.8) is 0 Å². The third kappa shape index (κ3) is 3.68. The summed E-state index contributed by atoms with van der Waals surface area (Å²) in [5, 5.41) is 0.921. The van der Waals surface area contributed by atoms with Gasteiger partial charge in [0.1, 0.15) is 6.61 Å². The number of anilines is 1. The summed E-state index contributed by atoms with van der Waals surface area (Å²) in [6.07, 6.45) is 3.48. The van der Waals surface area contributed by atoms with Crippen molar-refractivity contribution in [3.05, 3.63) is 59.3 Å². The molecule has 0 fully saturated rings. The van der Waals surface area contributed by atoms with Gasteiger partial charge >= 0.3 is 0 Å². The normalized spacial score (nSPS) is 20.1. The fourth-order valence-corrected chi connectivity index (χ4v) is 4.79. The number of hydrogen-bond donors (Lipinski definition) is 0. The average molecular weight is 424 g/mol. The summed E-state index contributed by atoms with van der Waals surface area (Å²) in [4.78, 5) is 6.78. The van der Waals surface area contributed by atoms with Crippen LogP contribution in [0.3, 0.4) is 0 Å². The summed E-state index contributed by atoms with van der Waals surface area (Å²) in [5.74, 6) is -0.171. The molecule has 3 heterocycles. The lowest BCUT2D eigenvalue weighted by molar-refractivity contribution is 0.0951. The first-order chi connectivity index (χ1) is 15.0. The van der Waals surface area contributed by atoms with Crippen molar-refractivity contribution >= 4 is 16.6 Å². The van der Waals surface area contributed by atoms with Gasteiger partial charge in [-0.3, -0.25) is 4.98 Å². The number of rotatable bonds is 4. The molecule has 1 unspecified atom stereocenters. The van der Waals surface area contributed by atoms with Crippen LogP contribution in [0, 0.1) is 18.6 Å². The highest BCUT2D eigenvalue weighted by Crippen LogP contribution is 2.40. The van der Waals surface area contributed by atoms with Crippen molar-refractivity contribution in [1.82, 2.24) is 4.98 Å². The molecule has 0 radical (unpaired) electrons. The molecular formula is C25H26F2N2O2. The Kier molecular flexibility index (Phi) is 5.16. The van der Waals surface area contributed by atoms with E-state index in [4.69, 9.17) is 9.47 Å². The van der Waals surface area contributed by atoms with Crippen molar-refractivity contribution in [1.29, 1.82) is 0 Å². The Morgan fingerprint density at radius 3 is 2.81 bits per heavy atom. The van der Waals surface area contributed by atoms with Crippen LogP contribution in [-0.4, -0.2) is 30.3 Å². The summed E-state index contributed by atoms with van der Waals surface area (Å²) in [6.45, 7) is 5.07. The van der Waals surface area contributed by atoms with E-state index in [-0.39, 0.29) is 12.1 Å². The Hall–Kier alpha value is -2.89. The molecule has 0 amide bonds. The van der Waals surface area contributed by atoms with Crippen LogP contribution >= 0.6 is 0 Å². The van der Waals surface area contributed by atoms with E-state index in [1.165, 1.54) is 12.1 Å². The number of pyridine rings is 1. The van der Waals surface area contributed by atoms with Gasteiger partial charge in [0.25, 0.3) is 0 Å². The van der Waals surface area contributed by atoms with Crippen LogP contribution in [0.2, 0.25) is 0 Å². The first kappa shape index (κ1) is 20.0. The molecule has 0 bridgehead atoms. The molecule has 2 aromatic carbocycles. The summed E-state index contributed by atoms with van der Waals surface area (Å²) < 4.78 is 40.4. The maximum atomic E-state index is 14.1. The van der Waals surface area contributed by atoms with Crippen LogP contribution in [0.5, 0.6) is 11.5 Å². The monoisotopic (exact) mass is 424 g/mol. The van der Waals surface area contributed by atoms with E-state index in [1.807, 2.05) is 31.2 Å². The third-order valence-electron chi connectivity index (χ3n) is 6.28. The molecule has 0 saturated heterocycles. The first-order valence-corrected chi connectivity index (χ1v) is 11.0. The molecule has 2 aliphatic rings.